The van der Waals surface area contributed by atoms with Crippen molar-refractivity contribution in [3.05, 3.63) is 11.3 Å². The Morgan fingerprint density at radius 1 is 1.35 bits per heavy atom. The molecule has 1 aromatic heterocycles. The van der Waals surface area contributed by atoms with Crippen LogP contribution in [0.4, 0.5) is 14.7 Å². The van der Waals surface area contributed by atoms with Gasteiger partial charge in [0.05, 0.1) is 5.69 Å². The molecule has 1 aliphatic rings. The minimum absolute atomic E-state index is 0.0630. The van der Waals surface area contributed by atoms with Crippen LogP contribution >= 0.6 is 0 Å². The van der Waals surface area contributed by atoms with Crippen LogP contribution in [0.25, 0.3) is 0 Å². The number of aromatic nitrogens is 1. The van der Waals surface area contributed by atoms with Crippen molar-refractivity contribution >= 4 is 5.88 Å². The van der Waals surface area contributed by atoms with Gasteiger partial charge in [0.15, 0.2) is 0 Å². The third-order valence-corrected chi connectivity index (χ3v) is 3.46. The van der Waals surface area contributed by atoms with E-state index in [1.807, 2.05) is 13.8 Å². The second-order valence-electron chi connectivity index (χ2n) is 5.13. The molecule has 0 radical (unpaired) electrons. The molecule has 0 unspecified atom stereocenters. The van der Waals surface area contributed by atoms with E-state index in [1.165, 1.54) is 0 Å². The van der Waals surface area contributed by atoms with Crippen molar-refractivity contribution in [1.29, 1.82) is 0 Å². The van der Waals surface area contributed by atoms with E-state index >= 15 is 0 Å². The van der Waals surface area contributed by atoms with Crippen LogP contribution in [0, 0.1) is 0 Å². The van der Waals surface area contributed by atoms with Gasteiger partial charge in [0.1, 0.15) is 0 Å². The van der Waals surface area contributed by atoms with Gasteiger partial charge in [-0.1, -0.05) is 19.0 Å². The molecule has 0 aliphatic heterocycles. The monoisotopic (exact) mass is 244 g/mol. The molecule has 0 saturated heterocycles. The van der Waals surface area contributed by atoms with Crippen molar-refractivity contribution < 1.29 is 13.3 Å². The van der Waals surface area contributed by atoms with Crippen LogP contribution in [0.15, 0.2) is 4.52 Å². The van der Waals surface area contributed by atoms with Crippen LogP contribution in [0.1, 0.15) is 62.6 Å². The predicted octanol–water partition coefficient (Wildman–Crippen LogP) is 3.67. The van der Waals surface area contributed by atoms with Gasteiger partial charge in [0, 0.05) is 24.3 Å². The molecule has 0 spiro atoms. The summed E-state index contributed by atoms with van der Waals surface area (Å²) in [6.07, 6.45) is 0.779. The fraction of sp³-hybridized carbons (Fsp3) is 0.750. The first-order chi connectivity index (χ1) is 7.91. The number of nitrogens with two attached hydrogens (primary N) is 1. The van der Waals surface area contributed by atoms with Crippen LogP contribution in [0.5, 0.6) is 0 Å². The van der Waals surface area contributed by atoms with Crippen LogP contribution in [-0.4, -0.2) is 11.1 Å². The highest BCUT2D eigenvalue weighted by molar-refractivity contribution is 5.42. The first kappa shape index (κ1) is 12.3. The van der Waals surface area contributed by atoms with E-state index in [0.29, 0.717) is 18.7 Å². The Hall–Kier alpha value is -1.13. The molecule has 1 heterocycles. The van der Waals surface area contributed by atoms with Gasteiger partial charge in [-0.3, -0.25) is 0 Å². The fourth-order valence-corrected chi connectivity index (χ4v) is 2.51. The molecule has 0 amide bonds. The van der Waals surface area contributed by atoms with Gasteiger partial charge >= 0.3 is 0 Å². The Morgan fingerprint density at radius 2 is 1.94 bits per heavy atom. The minimum Gasteiger partial charge on any atom is -0.367 e. The normalized spacial score (nSPS) is 21.0. The van der Waals surface area contributed by atoms with E-state index in [9.17, 15) is 8.78 Å². The van der Waals surface area contributed by atoms with Crippen molar-refractivity contribution in [2.24, 2.45) is 0 Å². The topological polar surface area (TPSA) is 52.0 Å². The minimum atomic E-state index is -2.51. The molecular weight excluding hydrogens is 226 g/mol. The number of alkyl halides is 2. The molecule has 5 heteroatoms. The molecule has 3 nitrogen and oxygen atoms in total. The highest BCUT2D eigenvalue weighted by Crippen LogP contribution is 2.43. The molecule has 0 bridgehead atoms. The Morgan fingerprint density at radius 3 is 2.47 bits per heavy atom. The molecule has 2 N–H and O–H groups in total. The van der Waals surface area contributed by atoms with Crippen LogP contribution in [0.3, 0.4) is 0 Å². The molecule has 2 rings (SSSR count). The first-order valence-electron chi connectivity index (χ1n) is 6.03. The van der Waals surface area contributed by atoms with Gasteiger partial charge in [0.2, 0.25) is 11.8 Å². The summed E-state index contributed by atoms with van der Waals surface area (Å²) >= 11 is 0. The number of anilines is 1. The molecule has 1 fully saturated rings. The number of nitrogen functional groups attached to an aromatic ring is 1. The lowest BCUT2D eigenvalue weighted by Crippen LogP contribution is -2.24. The zero-order valence-corrected chi connectivity index (χ0v) is 10.2. The maximum Gasteiger partial charge on any atom is 0.248 e. The summed E-state index contributed by atoms with van der Waals surface area (Å²) in [7, 11) is 0. The molecule has 17 heavy (non-hydrogen) atoms. The van der Waals surface area contributed by atoms with E-state index < -0.39 is 5.92 Å². The summed E-state index contributed by atoms with van der Waals surface area (Å²) in [6, 6.07) is 0. The van der Waals surface area contributed by atoms with Crippen LogP contribution in [0.2, 0.25) is 0 Å². The summed E-state index contributed by atoms with van der Waals surface area (Å²) < 4.78 is 31.2. The highest BCUT2D eigenvalue weighted by Gasteiger charge is 2.37. The zero-order chi connectivity index (χ0) is 12.6. The Balaban J connectivity index is 2.19. The van der Waals surface area contributed by atoms with E-state index in [2.05, 4.69) is 5.16 Å². The van der Waals surface area contributed by atoms with Crippen molar-refractivity contribution in [2.45, 2.75) is 57.3 Å². The zero-order valence-electron chi connectivity index (χ0n) is 10.2. The molecule has 0 atom stereocenters. The number of halogens is 2. The van der Waals surface area contributed by atoms with Gasteiger partial charge < -0.3 is 10.3 Å². The third kappa shape index (κ3) is 2.42. The van der Waals surface area contributed by atoms with Crippen LogP contribution < -0.4 is 5.73 Å². The first-order valence-corrected chi connectivity index (χ1v) is 6.03. The maximum absolute atomic E-state index is 13.1. The third-order valence-electron chi connectivity index (χ3n) is 3.46. The average Bonchev–Trinajstić information content (AvgIpc) is 2.60. The van der Waals surface area contributed by atoms with E-state index in [-0.39, 0.29) is 24.7 Å². The molecule has 1 saturated carbocycles. The van der Waals surface area contributed by atoms with Crippen molar-refractivity contribution in [2.75, 3.05) is 5.73 Å². The summed E-state index contributed by atoms with van der Waals surface area (Å²) in [6.45, 7) is 4.01. The number of hydrogen-bond donors (Lipinski definition) is 1. The lowest BCUT2D eigenvalue weighted by molar-refractivity contribution is -0.0387. The summed E-state index contributed by atoms with van der Waals surface area (Å²) in [4.78, 5) is 0. The molecular formula is C12H18F2N2O. The van der Waals surface area contributed by atoms with Crippen molar-refractivity contribution in [3.63, 3.8) is 0 Å². The second kappa shape index (κ2) is 4.27. The van der Waals surface area contributed by atoms with E-state index in [4.69, 9.17) is 10.3 Å². The molecule has 0 aromatic carbocycles. The predicted molar refractivity (Wildman–Crippen MR) is 61.2 cm³/mol. The summed E-state index contributed by atoms with van der Waals surface area (Å²) in [5, 5.41) is 3.96. The SMILES string of the molecule is CC(C)c1c(C2CCC(F)(F)CC2)noc1N. The lowest BCUT2D eigenvalue weighted by Gasteiger charge is -2.27. The van der Waals surface area contributed by atoms with Gasteiger partial charge in [-0.2, -0.15) is 0 Å². The maximum atomic E-state index is 13.1. The quantitative estimate of drug-likeness (QED) is 0.863. The van der Waals surface area contributed by atoms with Gasteiger partial charge in [0.25, 0.3) is 0 Å². The van der Waals surface area contributed by atoms with Gasteiger partial charge in [-0.25, -0.2) is 8.78 Å². The summed E-state index contributed by atoms with van der Waals surface area (Å²) in [5.74, 6) is -1.91. The number of nitrogens with zero attached hydrogens (tertiary/aromatic N) is 1. The molecule has 96 valence electrons. The lowest BCUT2D eigenvalue weighted by atomic mass is 9.82. The number of rotatable bonds is 2. The Kier molecular flexibility index (Phi) is 3.10. The smallest absolute Gasteiger partial charge is 0.248 e. The van der Waals surface area contributed by atoms with Crippen LogP contribution in [-0.2, 0) is 0 Å². The Labute approximate surface area is 99.3 Å². The summed E-state index contributed by atoms with van der Waals surface area (Å²) in [5.41, 5.74) is 7.40. The van der Waals surface area contributed by atoms with Gasteiger partial charge in [-0.05, 0) is 18.8 Å². The standard InChI is InChI=1S/C12H18F2N2O/c1-7(2)9-10(16-17-11(9)15)8-3-5-12(13,14)6-4-8/h7-8H,3-6,15H2,1-2H3. The van der Waals surface area contributed by atoms with Gasteiger partial charge in [-0.15, -0.1) is 0 Å². The van der Waals surface area contributed by atoms with Crippen molar-refractivity contribution in [1.82, 2.24) is 5.16 Å². The fourth-order valence-electron chi connectivity index (χ4n) is 2.51. The Bertz CT molecular complexity index is 391. The molecule has 1 aromatic rings. The molecule has 1 aliphatic carbocycles. The van der Waals surface area contributed by atoms with E-state index in [1.54, 1.807) is 0 Å². The highest BCUT2D eigenvalue weighted by atomic mass is 19.3. The largest absolute Gasteiger partial charge is 0.367 e. The van der Waals surface area contributed by atoms with E-state index in [0.717, 1.165) is 11.3 Å². The second-order valence-corrected chi connectivity index (χ2v) is 5.13. The average molecular weight is 244 g/mol. The number of hydrogen-bond acceptors (Lipinski definition) is 3. The van der Waals surface area contributed by atoms with Crippen molar-refractivity contribution in [3.8, 4) is 0 Å².